The highest BCUT2D eigenvalue weighted by atomic mass is 32.1. The first kappa shape index (κ1) is 21.3. The second kappa shape index (κ2) is 9.36. The molecule has 2 aromatic carbocycles. The van der Waals surface area contributed by atoms with Gasteiger partial charge >= 0.3 is 5.97 Å². The Balaban J connectivity index is 1.77. The van der Waals surface area contributed by atoms with Crippen molar-refractivity contribution in [1.82, 2.24) is 0 Å². The van der Waals surface area contributed by atoms with E-state index in [0.29, 0.717) is 35.3 Å². The van der Waals surface area contributed by atoms with Crippen LogP contribution in [0.5, 0.6) is 17.2 Å². The van der Waals surface area contributed by atoms with Gasteiger partial charge in [-0.2, -0.15) is 0 Å². The Morgan fingerprint density at radius 1 is 1.13 bits per heavy atom. The number of carboxylic acids is 1. The number of carboxylic acid groups (broad SMARTS) is 1. The number of methoxy groups -OCH3 is 1. The number of hydrogen-bond donors (Lipinski definition) is 1. The zero-order valence-electron chi connectivity index (χ0n) is 16.5. The van der Waals surface area contributed by atoms with Crippen molar-refractivity contribution >= 4 is 40.6 Å². The number of aliphatic imine (C=N–C) groups is 1. The molecule has 0 atom stereocenters. The lowest BCUT2D eigenvalue weighted by atomic mass is 10.1. The number of thiocarbonyl (C=S) groups is 1. The number of ether oxygens (including phenoxy) is 3. The van der Waals surface area contributed by atoms with Gasteiger partial charge in [0.25, 0.3) is 5.91 Å². The van der Waals surface area contributed by atoms with Gasteiger partial charge in [0.05, 0.1) is 19.4 Å². The number of carbonyl (C=O) groups is 2. The molecule has 0 aromatic heterocycles. The maximum Gasteiger partial charge on any atom is 0.341 e. The van der Waals surface area contributed by atoms with Gasteiger partial charge in [-0.3, -0.25) is 9.69 Å². The highest BCUT2D eigenvalue weighted by Crippen LogP contribution is 2.30. The summed E-state index contributed by atoms with van der Waals surface area (Å²) in [6.07, 6.45) is 0.241. The monoisotopic (exact) mass is 428 g/mol. The standard InChI is InChI=1S/C21H20N2O6S/c1-3-28-18-11-13(4-9-17(18)29-12-19(24)25)10-16-20(26)23(21(30)22-16)14-5-7-15(27-2)8-6-14/h4-9,11H,3,10,12H2,1-2H3,(H,24,25). The average molecular weight is 428 g/mol. The third-order valence-corrected chi connectivity index (χ3v) is 4.51. The van der Waals surface area contributed by atoms with E-state index in [0.717, 1.165) is 5.56 Å². The summed E-state index contributed by atoms with van der Waals surface area (Å²) >= 11 is 5.29. The van der Waals surface area contributed by atoms with Crippen molar-refractivity contribution in [1.29, 1.82) is 0 Å². The maximum absolute atomic E-state index is 12.9. The summed E-state index contributed by atoms with van der Waals surface area (Å²) in [6, 6.07) is 12.0. The van der Waals surface area contributed by atoms with Gasteiger partial charge in [-0.1, -0.05) is 6.07 Å². The van der Waals surface area contributed by atoms with Gasteiger partial charge in [-0.15, -0.1) is 0 Å². The second-order valence-corrected chi connectivity index (χ2v) is 6.62. The van der Waals surface area contributed by atoms with Gasteiger partial charge < -0.3 is 19.3 Å². The molecule has 1 heterocycles. The fraction of sp³-hybridized carbons (Fsp3) is 0.238. The van der Waals surface area contributed by atoms with E-state index in [1.54, 1.807) is 49.6 Å². The van der Waals surface area contributed by atoms with Crippen molar-refractivity contribution < 1.29 is 28.9 Å². The minimum atomic E-state index is -1.08. The summed E-state index contributed by atoms with van der Waals surface area (Å²) < 4.78 is 15.9. The van der Waals surface area contributed by atoms with Crippen LogP contribution in [0.25, 0.3) is 0 Å². The molecule has 9 heteroatoms. The molecule has 0 radical (unpaired) electrons. The molecule has 3 rings (SSSR count). The molecular formula is C21H20N2O6S. The molecule has 1 aliphatic heterocycles. The summed E-state index contributed by atoms with van der Waals surface area (Å²) in [6.45, 7) is 1.71. The van der Waals surface area contributed by atoms with E-state index in [-0.39, 0.29) is 17.4 Å². The SMILES string of the molecule is CCOc1cc(CC2=NC(=S)N(c3ccc(OC)cc3)C2=O)ccc1OCC(=O)O. The van der Waals surface area contributed by atoms with E-state index in [4.69, 9.17) is 31.5 Å². The molecule has 2 aromatic rings. The van der Waals surface area contributed by atoms with Crippen LogP contribution < -0.4 is 19.1 Å². The number of aliphatic carboxylic acids is 1. The van der Waals surface area contributed by atoms with Gasteiger partial charge in [0.15, 0.2) is 18.1 Å². The Bertz CT molecular complexity index is 1000. The van der Waals surface area contributed by atoms with E-state index in [2.05, 4.69) is 4.99 Å². The van der Waals surface area contributed by atoms with Crippen molar-refractivity contribution in [2.45, 2.75) is 13.3 Å². The van der Waals surface area contributed by atoms with Gasteiger partial charge in [-0.25, -0.2) is 9.79 Å². The van der Waals surface area contributed by atoms with Crippen LogP contribution in [0.3, 0.4) is 0 Å². The molecule has 0 saturated heterocycles. The van der Waals surface area contributed by atoms with E-state index in [9.17, 15) is 9.59 Å². The zero-order chi connectivity index (χ0) is 21.7. The summed E-state index contributed by atoms with van der Waals surface area (Å²) in [5, 5.41) is 8.97. The first-order valence-electron chi connectivity index (χ1n) is 9.13. The van der Waals surface area contributed by atoms with Gasteiger partial charge in [0.1, 0.15) is 11.5 Å². The zero-order valence-corrected chi connectivity index (χ0v) is 17.3. The minimum absolute atomic E-state index is 0.173. The van der Waals surface area contributed by atoms with Crippen LogP contribution in [0.1, 0.15) is 12.5 Å². The molecule has 0 aliphatic carbocycles. The summed E-state index contributed by atoms with van der Waals surface area (Å²) in [5.41, 5.74) is 1.67. The number of nitrogens with zero attached hydrogens (tertiary/aromatic N) is 2. The van der Waals surface area contributed by atoms with Crippen LogP contribution in [-0.2, 0) is 16.0 Å². The van der Waals surface area contributed by atoms with Gasteiger partial charge in [0.2, 0.25) is 5.11 Å². The first-order valence-corrected chi connectivity index (χ1v) is 9.54. The minimum Gasteiger partial charge on any atom is -0.497 e. The smallest absolute Gasteiger partial charge is 0.341 e. The quantitative estimate of drug-likeness (QED) is 0.613. The second-order valence-electron chi connectivity index (χ2n) is 6.25. The van der Waals surface area contributed by atoms with E-state index in [1.807, 2.05) is 6.92 Å². The third kappa shape index (κ3) is 4.74. The highest BCUT2D eigenvalue weighted by Gasteiger charge is 2.31. The molecule has 0 fully saturated rings. The Labute approximate surface area is 178 Å². The Morgan fingerprint density at radius 2 is 1.87 bits per heavy atom. The topological polar surface area (TPSA) is 97.7 Å². The molecule has 156 valence electrons. The molecule has 1 amide bonds. The van der Waals surface area contributed by atoms with Crippen LogP contribution in [0.4, 0.5) is 5.69 Å². The fourth-order valence-electron chi connectivity index (χ4n) is 2.89. The first-order chi connectivity index (χ1) is 14.4. The number of carbonyl (C=O) groups excluding carboxylic acids is 1. The molecule has 0 bridgehead atoms. The van der Waals surface area contributed by atoms with Gasteiger partial charge in [0, 0.05) is 6.42 Å². The van der Waals surface area contributed by atoms with Crippen LogP contribution in [-0.4, -0.2) is 48.1 Å². The molecule has 1 aliphatic rings. The fourth-order valence-corrected chi connectivity index (χ4v) is 3.18. The molecule has 0 spiro atoms. The summed E-state index contributed by atoms with van der Waals surface area (Å²) in [4.78, 5) is 29.3. The lowest BCUT2D eigenvalue weighted by molar-refractivity contribution is -0.139. The summed E-state index contributed by atoms with van der Waals surface area (Å²) in [5.74, 6) is 0.00923. The molecule has 1 N–H and O–H groups in total. The van der Waals surface area contributed by atoms with Crippen molar-refractivity contribution in [3.8, 4) is 17.2 Å². The number of amides is 1. The number of anilines is 1. The van der Waals surface area contributed by atoms with Crippen LogP contribution in [0.2, 0.25) is 0 Å². The lowest BCUT2D eigenvalue weighted by Gasteiger charge is -2.15. The van der Waals surface area contributed by atoms with Crippen LogP contribution >= 0.6 is 12.2 Å². The van der Waals surface area contributed by atoms with Crippen molar-refractivity contribution in [2.24, 2.45) is 4.99 Å². The van der Waals surface area contributed by atoms with Crippen LogP contribution in [0.15, 0.2) is 47.5 Å². The number of benzene rings is 2. The lowest BCUT2D eigenvalue weighted by Crippen LogP contribution is -2.33. The average Bonchev–Trinajstić information content (AvgIpc) is 3.00. The third-order valence-electron chi connectivity index (χ3n) is 4.23. The van der Waals surface area contributed by atoms with E-state index >= 15 is 0 Å². The number of rotatable bonds is 9. The highest BCUT2D eigenvalue weighted by molar-refractivity contribution is 7.80. The predicted octanol–water partition coefficient (Wildman–Crippen LogP) is 2.87. The summed E-state index contributed by atoms with van der Waals surface area (Å²) in [7, 11) is 1.57. The molecule has 30 heavy (non-hydrogen) atoms. The Hall–Kier alpha value is -3.46. The van der Waals surface area contributed by atoms with E-state index < -0.39 is 12.6 Å². The molecular weight excluding hydrogens is 408 g/mol. The van der Waals surface area contributed by atoms with Crippen molar-refractivity contribution in [3.63, 3.8) is 0 Å². The predicted molar refractivity (Wildman–Crippen MR) is 115 cm³/mol. The molecule has 8 nitrogen and oxygen atoms in total. The van der Waals surface area contributed by atoms with Crippen molar-refractivity contribution in [2.75, 3.05) is 25.2 Å². The molecule has 0 saturated carbocycles. The van der Waals surface area contributed by atoms with Gasteiger partial charge in [-0.05, 0) is 61.1 Å². The Kier molecular flexibility index (Phi) is 6.63. The van der Waals surface area contributed by atoms with Crippen LogP contribution in [0, 0.1) is 0 Å². The maximum atomic E-state index is 12.9. The van der Waals surface area contributed by atoms with Crippen molar-refractivity contribution in [3.05, 3.63) is 48.0 Å². The molecule has 0 unspecified atom stereocenters. The largest absolute Gasteiger partial charge is 0.497 e. The van der Waals surface area contributed by atoms with E-state index in [1.165, 1.54) is 4.90 Å². The normalized spacial score (nSPS) is 13.3. The Morgan fingerprint density at radius 3 is 2.50 bits per heavy atom. The number of hydrogen-bond acceptors (Lipinski definition) is 6.